The number of rotatable bonds is 11. The van der Waals surface area contributed by atoms with Crippen LogP contribution in [-0.4, -0.2) is 90.6 Å². The minimum Gasteiger partial charge on any atom is -0.490 e. The first kappa shape index (κ1) is 39.5. The smallest absolute Gasteiger partial charge is 0.235 e. The average molecular weight is 759 g/mol. The van der Waals surface area contributed by atoms with Crippen molar-refractivity contribution in [2.45, 2.75) is 57.5 Å². The van der Waals surface area contributed by atoms with Crippen LogP contribution in [0.2, 0.25) is 5.02 Å². The summed E-state index contributed by atoms with van der Waals surface area (Å²) in [6.07, 6.45) is 6.85. The van der Waals surface area contributed by atoms with Crippen molar-refractivity contribution in [2.75, 3.05) is 54.3 Å². The highest BCUT2D eigenvalue weighted by molar-refractivity contribution is 6.32. The first-order chi connectivity index (χ1) is 25.9. The van der Waals surface area contributed by atoms with E-state index in [1.165, 1.54) is 0 Å². The molecule has 16 heteroatoms. The molecule has 6 rings (SSSR count). The summed E-state index contributed by atoms with van der Waals surface area (Å²) in [6, 6.07) is 12.5. The molecule has 2 fully saturated rings. The number of aldehydes is 1. The zero-order valence-electron chi connectivity index (χ0n) is 31.4. The minimum atomic E-state index is -0.436. The summed E-state index contributed by atoms with van der Waals surface area (Å²) in [5.41, 5.74) is 9.41. The standard InChI is InChI=1S/C37H44ClN9O4.CH3NO/c1-7-51-27(21-48)18-23-17-24(8-12-31(23)44(3)4)40-35-30(38)20-39-37(42-35)45(5)25-14-15-47(22(2)16-25)26-9-10-28-32(19-26)46(6)43-34(28)29-11-13-33(49)41-36(29)50;2-1-3/h8-10,12,17-22,25,29H,7,11,13-16H2,1-6H3,(H,39,40,42)(H,41,49,50);1H,(H2,2,3)/b27-18+;. The van der Waals surface area contributed by atoms with Gasteiger partial charge in [0.2, 0.25) is 24.2 Å². The fourth-order valence-electron chi connectivity index (χ4n) is 7.05. The van der Waals surface area contributed by atoms with Crippen LogP contribution in [0.5, 0.6) is 0 Å². The zero-order valence-corrected chi connectivity index (χ0v) is 32.1. The van der Waals surface area contributed by atoms with Crippen LogP contribution in [0.3, 0.4) is 0 Å². The maximum absolute atomic E-state index is 12.6. The number of hydrogen-bond donors (Lipinski definition) is 3. The molecule has 15 nitrogen and oxygen atoms in total. The summed E-state index contributed by atoms with van der Waals surface area (Å²) in [6.45, 7) is 5.28. The van der Waals surface area contributed by atoms with E-state index in [9.17, 15) is 14.4 Å². The van der Waals surface area contributed by atoms with Crippen LogP contribution < -0.4 is 31.1 Å². The Labute approximate surface area is 319 Å². The van der Waals surface area contributed by atoms with E-state index in [0.717, 1.165) is 52.9 Å². The second kappa shape index (κ2) is 17.4. The normalized spacial score (nSPS) is 18.7. The molecule has 0 bridgehead atoms. The lowest BCUT2D eigenvalue weighted by molar-refractivity contribution is -0.134. The van der Waals surface area contributed by atoms with Crippen LogP contribution in [0.1, 0.15) is 56.7 Å². The molecule has 4 aromatic rings. The highest BCUT2D eigenvalue weighted by Crippen LogP contribution is 2.35. The van der Waals surface area contributed by atoms with Gasteiger partial charge in [0.25, 0.3) is 0 Å². The lowest BCUT2D eigenvalue weighted by Crippen LogP contribution is -2.48. The van der Waals surface area contributed by atoms with Gasteiger partial charge in [-0.25, -0.2) is 4.98 Å². The van der Waals surface area contributed by atoms with Crippen LogP contribution in [-0.2, 0) is 31.0 Å². The van der Waals surface area contributed by atoms with Crippen molar-refractivity contribution < 1.29 is 23.9 Å². The Morgan fingerprint density at radius 1 is 1.15 bits per heavy atom. The molecule has 0 spiro atoms. The summed E-state index contributed by atoms with van der Waals surface area (Å²) >= 11 is 6.59. The highest BCUT2D eigenvalue weighted by atomic mass is 35.5. The maximum atomic E-state index is 12.6. The van der Waals surface area contributed by atoms with Crippen LogP contribution in [0, 0.1) is 0 Å². The SMILES string of the molecule is CCO/C(C=O)=C/c1cc(Nc2nc(N(C)C3CCN(c4ccc5c(C6CCC(=O)NC6=O)nn(C)c5c4)C(C)C3)ncc2Cl)ccc1N(C)C.NC=O. The largest absolute Gasteiger partial charge is 0.490 e. The fourth-order valence-corrected chi connectivity index (χ4v) is 7.19. The molecule has 3 unspecified atom stereocenters. The summed E-state index contributed by atoms with van der Waals surface area (Å²) in [5.74, 6) is 0.342. The number of benzene rings is 2. The summed E-state index contributed by atoms with van der Waals surface area (Å²) in [7, 11) is 7.79. The highest BCUT2D eigenvalue weighted by Gasteiger charge is 2.33. The molecular formula is C38H47ClN10O5. The molecule has 3 amide bonds. The molecule has 2 aromatic carbocycles. The second-order valence-corrected chi connectivity index (χ2v) is 13.8. The van der Waals surface area contributed by atoms with E-state index in [2.05, 4.69) is 50.2 Å². The van der Waals surface area contributed by atoms with E-state index in [0.29, 0.717) is 48.2 Å². The van der Waals surface area contributed by atoms with Gasteiger partial charge in [-0.05, 0) is 75.6 Å². The number of nitrogens with two attached hydrogens (primary N) is 1. The van der Waals surface area contributed by atoms with Gasteiger partial charge in [-0.15, -0.1) is 0 Å². The molecular weight excluding hydrogens is 712 g/mol. The number of carbonyl (C=O) groups excluding carboxylic acids is 4. The van der Waals surface area contributed by atoms with E-state index in [1.54, 1.807) is 12.3 Å². The predicted octanol–water partition coefficient (Wildman–Crippen LogP) is 4.52. The Kier molecular flexibility index (Phi) is 12.7. The first-order valence-corrected chi connectivity index (χ1v) is 18.1. The number of nitrogens with zero attached hydrogens (tertiary/aromatic N) is 7. The lowest BCUT2D eigenvalue weighted by Gasteiger charge is -2.42. The molecule has 4 heterocycles. The number of nitrogens with one attached hydrogen (secondary N) is 2. The molecule has 0 radical (unpaired) electrons. The quantitative estimate of drug-likeness (QED) is 0.0844. The Morgan fingerprint density at radius 3 is 2.57 bits per heavy atom. The Bertz CT molecular complexity index is 2050. The van der Waals surface area contributed by atoms with E-state index < -0.39 is 5.92 Å². The number of hydrogen-bond acceptors (Lipinski definition) is 12. The number of ether oxygens (including phenoxy) is 1. The van der Waals surface area contributed by atoms with Crippen molar-refractivity contribution in [3.63, 3.8) is 0 Å². The monoisotopic (exact) mass is 758 g/mol. The van der Waals surface area contributed by atoms with E-state index in [1.807, 2.05) is 69.0 Å². The number of carbonyl (C=O) groups is 4. The van der Waals surface area contributed by atoms with E-state index in [-0.39, 0.29) is 36.1 Å². The Balaban J connectivity index is 0.00000181. The summed E-state index contributed by atoms with van der Waals surface area (Å²) in [4.78, 5) is 60.4. The molecule has 4 N–H and O–H groups in total. The van der Waals surface area contributed by atoms with Crippen molar-refractivity contribution in [2.24, 2.45) is 12.8 Å². The number of piperidine rings is 2. The lowest BCUT2D eigenvalue weighted by atomic mass is 9.92. The molecule has 0 aliphatic carbocycles. The van der Waals surface area contributed by atoms with Gasteiger partial charge in [0.05, 0.1) is 29.9 Å². The average Bonchev–Trinajstić information content (AvgIpc) is 3.47. The predicted molar refractivity (Wildman–Crippen MR) is 211 cm³/mol. The first-order valence-electron chi connectivity index (χ1n) is 17.7. The van der Waals surface area contributed by atoms with Gasteiger partial charge in [-0.3, -0.25) is 29.2 Å². The van der Waals surface area contributed by atoms with Gasteiger partial charge in [0.15, 0.2) is 17.9 Å². The summed E-state index contributed by atoms with van der Waals surface area (Å²) in [5, 5.41) is 11.8. The van der Waals surface area contributed by atoms with Crippen LogP contribution in [0.4, 0.5) is 28.8 Å². The molecule has 2 saturated heterocycles. The Morgan fingerprint density at radius 2 is 1.91 bits per heavy atom. The van der Waals surface area contributed by atoms with Crippen LogP contribution in [0.25, 0.3) is 17.0 Å². The molecule has 2 aliphatic rings. The summed E-state index contributed by atoms with van der Waals surface area (Å²) < 4.78 is 7.30. The number of primary amides is 1. The van der Waals surface area contributed by atoms with Crippen molar-refractivity contribution in [3.8, 4) is 0 Å². The molecule has 54 heavy (non-hydrogen) atoms. The van der Waals surface area contributed by atoms with Gasteiger partial charge in [-0.2, -0.15) is 10.1 Å². The van der Waals surface area contributed by atoms with Crippen LogP contribution in [0.15, 0.2) is 48.4 Å². The maximum Gasteiger partial charge on any atom is 0.235 e. The molecule has 0 saturated carbocycles. The third kappa shape index (κ3) is 8.73. The fraction of sp³-hybridized carbons (Fsp3) is 0.395. The zero-order chi connectivity index (χ0) is 39.1. The number of aryl methyl sites for hydroxylation is 1. The number of aromatic nitrogens is 4. The second-order valence-electron chi connectivity index (χ2n) is 13.4. The number of halogens is 1. The van der Waals surface area contributed by atoms with Crippen molar-refractivity contribution in [3.05, 3.63) is 64.6 Å². The molecule has 2 aliphatic heterocycles. The van der Waals surface area contributed by atoms with Gasteiger partial charge >= 0.3 is 0 Å². The number of fused-ring (bicyclic) bond motifs is 1. The number of allylic oxidation sites excluding steroid dienone is 1. The number of amides is 3. The molecule has 286 valence electrons. The van der Waals surface area contributed by atoms with Crippen LogP contribution >= 0.6 is 11.6 Å². The minimum absolute atomic E-state index is 0.196. The van der Waals surface area contributed by atoms with Crippen molar-refractivity contribution in [1.82, 2.24) is 25.1 Å². The van der Waals surface area contributed by atoms with E-state index in [4.69, 9.17) is 31.2 Å². The molecule has 3 atom stereocenters. The van der Waals surface area contributed by atoms with Gasteiger partial charge in [0, 0.05) is 81.3 Å². The van der Waals surface area contributed by atoms with Crippen molar-refractivity contribution >= 4 is 81.9 Å². The number of anilines is 5. The van der Waals surface area contributed by atoms with Gasteiger partial charge in [0.1, 0.15) is 5.02 Å². The van der Waals surface area contributed by atoms with Gasteiger partial charge < -0.3 is 30.5 Å². The number of imide groups is 1. The third-order valence-electron chi connectivity index (χ3n) is 9.70. The molecule has 2 aromatic heterocycles. The van der Waals surface area contributed by atoms with E-state index >= 15 is 0 Å². The Hall–Kier alpha value is -5.70. The topological polar surface area (TPSA) is 181 Å². The third-order valence-corrected chi connectivity index (χ3v) is 9.98. The van der Waals surface area contributed by atoms with Gasteiger partial charge in [-0.1, -0.05) is 11.6 Å². The van der Waals surface area contributed by atoms with Crippen molar-refractivity contribution in [1.29, 1.82) is 0 Å².